The summed E-state index contributed by atoms with van der Waals surface area (Å²) in [5.41, 5.74) is -0.747. The molecule has 1 N–H and O–H groups in total. The molecule has 0 radical (unpaired) electrons. The summed E-state index contributed by atoms with van der Waals surface area (Å²) in [5, 5.41) is 9.07. The minimum Gasteiger partial charge on any atom is -0.481 e. The van der Waals surface area contributed by atoms with Crippen LogP contribution in [0.2, 0.25) is 0 Å². The van der Waals surface area contributed by atoms with Gasteiger partial charge in [0, 0.05) is 12.8 Å². The second-order valence-electron chi connectivity index (χ2n) is 15.3. The molecule has 8 nitrogen and oxygen atoms in total. The smallest absolute Gasteiger partial charge is 0.308 e. The number of carbonyl (C=O) groups excluding carboxylic acids is 3. The predicted octanol–water partition coefficient (Wildman–Crippen LogP) is 12.2. The lowest BCUT2D eigenvalue weighted by molar-refractivity contribution is -0.191. The van der Waals surface area contributed by atoms with Gasteiger partial charge in [-0.2, -0.15) is 0 Å². The summed E-state index contributed by atoms with van der Waals surface area (Å²) in [7, 11) is 0. The van der Waals surface area contributed by atoms with Crippen molar-refractivity contribution in [3.05, 3.63) is 0 Å². The molecule has 0 aromatic heterocycles. The first-order chi connectivity index (χ1) is 24.1. The molecule has 0 aliphatic heterocycles. The largest absolute Gasteiger partial charge is 0.481 e. The first-order valence-corrected chi connectivity index (χ1v) is 20.9. The number of ether oxygens (including phenoxy) is 3. The molecule has 294 valence electrons. The van der Waals surface area contributed by atoms with Gasteiger partial charge < -0.3 is 19.3 Å². The Morgan fingerprint density at radius 3 is 1.12 bits per heavy atom. The van der Waals surface area contributed by atoms with E-state index in [-0.39, 0.29) is 38.7 Å². The summed E-state index contributed by atoms with van der Waals surface area (Å²) in [5.74, 6) is -2.35. The number of carboxylic acids is 1. The van der Waals surface area contributed by atoms with E-state index in [2.05, 4.69) is 13.8 Å². The number of hydrogen-bond acceptors (Lipinski definition) is 7. The van der Waals surface area contributed by atoms with Crippen LogP contribution < -0.4 is 0 Å². The molecule has 0 aliphatic rings. The molecule has 0 rings (SSSR count). The third kappa shape index (κ3) is 34.3. The van der Waals surface area contributed by atoms with Crippen LogP contribution in [0, 0.1) is 5.41 Å². The van der Waals surface area contributed by atoms with Crippen LogP contribution >= 0.6 is 0 Å². The van der Waals surface area contributed by atoms with Gasteiger partial charge in [-0.1, -0.05) is 182 Å². The minimum absolute atomic E-state index is 0.0415. The Bertz CT molecular complexity index is 796. The van der Waals surface area contributed by atoms with Crippen molar-refractivity contribution in [3.63, 3.8) is 0 Å². The van der Waals surface area contributed by atoms with Gasteiger partial charge in [-0.05, 0) is 18.3 Å². The van der Waals surface area contributed by atoms with Gasteiger partial charge in [-0.25, -0.2) is 0 Å². The van der Waals surface area contributed by atoms with E-state index in [1.54, 1.807) is 13.8 Å². The quantitative estimate of drug-likeness (QED) is 0.0385. The van der Waals surface area contributed by atoms with E-state index in [4.69, 9.17) is 19.3 Å². The third-order valence-electron chi connectivity index (χ3n) is 9.36. The Kier molecular flexibility index (Phi) is 32.6. The van der Waals surface area contributed by atoms with E-state index in [1.807, 2.05) is 0 Å². The van der Waals surface area contributed by atoms with Gasteiger partial charge in [0.05, 0.1) is 25.9 Å². The van der Waals surface area contributed by atoms with Crippen LogP contribution in [0.4, 0.5) is 0 Å². The second kappa shape index (κ2) is 34.0. The molecular weight excluding hydrogens is 632 g/mol. The van der Waals surface area contributed by atoms with Gasteiger partial charge in [-0.15, -0.1) is 0 Å². The summed E-state index contributed by atoms with van der Waals surface area (Å²) in [6.07, 6.45) is 30.9. The van der Waals surface area contributed by atoms with Crippen molar-refractivity contribution in [2.75, 3.05) is 6.61 Å². The number of carbonyl (C=O) groups is 4. The molecule has 8 heteroatoms. The fourth-order valence-electron chi connectivity index (χ4n) is 6.31. The highest BCUT2D eigenvalue weighted by Gasteiger charge is 2.27. The summed E-state index contributed by atoms with van der Waals surface area (Å²) >= 11 is 0. The molecule has 0 aromatic rings. The molecule has 0 heterocycles. The molecule has 0 saturated heterocycles. The number of aliphatic carboxylic acids is 1. The normalized spacial score (nSPS) is 11.5. The van der Waals surface area contributed by atoms with Crippen molar-refractivity contribution in [3.8, 4) is 0 Å². The minimum atomic E-state index is -1.11. The van der Waals surface area contributed by atoms with Crippen LogP contribution in [0.5, 0.6) is 0 Å². The van der Waals surface area contributed by atoms with Crippen LogP contribution in [0.25, 0.3) is 0 Å². The van der Waals surface area contributed by atoms with Crippen molar-refractivity contribution in [2.45, 2.75) is 233 Å². The number of rotatable bonds is 37. The van der Waals surface area contributed by atoms with Crippen LogP contribution in [-0.2, 0) is 33.4 Å². The molecule has 0 amide bonds. The standard InChI is InChI=1S/C42H78O8/c1-5-7-9-11-13-15-17-19-21-23-25-27-29-31-38(45)49-41(33-34-48-40(47)36-42(3,4)35-37(43)44)50-39(46)32-30-28-26-24-22-20-18-16-14-12-10-8-6-2/h41H,5-36H2,1-4H3,(H,43,44). The van der Waals surface area contributed by atoms with Crippen LogP contribution in [0.3, 0.4) is 0 Å². The highest BCUT2D eigenvalue weighted by molar-refractivity contribution is 5.73. The fourth-order valence-corrected chi connectivity index (χ4v) is 6.31. The second-order valence-corrected chi connectivity index (χ2v) is 15.3. The summed E-state index contributed by atoms with van der Waals surface area (Å²) < 4.78 is 16.4. The van der Waals surface area contributed by atoms with Crippen LogP contribution in [-0.4, -0.2) is 41.9 Å². The van der Waals surface area contributed by atoms with Gasteiger partial charge in [0.2, 0.25) is 0 Å². The monoisotopic (exact) mass is 711 g/mol. The van der Waals surface area contributed by atoms with E-state index in [0.29, 0.717) is 0 Å². The molecule has 0 aromatic carbocycles. The Balaban J connectivity index is 4.40. The predicted molar refractivity (Wildman–Crippen MR) is 203 cm³/mol. The van der Waals surface area contributed by atoms with Gasteiger partial charge in [0.15, 0.2) is 0 Å². The topological polar surface area (TPSA) is 116 Å². The van der Waals surface area contributed by atoms with Crippen molar-refractivity contribution in [1.82, 2.24) is 0 Å². The average molecular weight is 711 g/mol. The van der Waals surface area contributed by atoms with Gasteiger partial charge in [0.1, 0.15) is 0 Å². The van der Waals surface area contributed by atoms with Gasteiger partial charge in [-0.3, -0.25) is 19.2 Å². The fraction of sp³-hybridized carbons (Fsp3) is 0.905. The maximum Gasteiger partial charge on any atom is 0.308 e. The highest BCUT2D eigenvalue weighted by atomic mass is 16.7. The van der Waals surface area contributed by atoms with Crippen LogP contribution in [0.1, 0.15) is 227 Å². The molecule has 0 bridgehead atoms. The number of esters is 3. The highest BCUT2D eigenvalue weighted by Crippen LogP contribution is 2.25. The molecule has 50 heavy (non-hydrogen) atoms. The summed E-state index contributed by atoms with van der Waals surface area (Å²) in [6, 6.07) is 0. The Labute approximate surface area is 306 Å². The Hall–Kier alpha value is -2.12. The molecule has 0 saturated carbocycles. The van der Waals surface area contributed by atoms with E-state index < -0.39 is 35.6 Å². The summed E-state index contributed by atoms with van der Waals surface area (Å²) in [4.78, 5) is 48.7. The van der Waals surface area contributed by atoms with E-state index >= 15 is 0 Å². The maximum atomic E-state index is 12.6. The molecule has 0 atom stereocenters. The van der Waals surface area contributed by atoms with Crippen molar-refractivity contribution < 1.29 is 38.5 Å². The van der Waals surface area contributed by atoms with Crippen molar-refractivity contribution in [1.29, 1.82) is 0 Å². The lowest BCUT2D eigenvalue weighted by atomic mass is 9.86. The van der Waals surface area contributed by atoms with Crippen molar-refractivity contribution in [2.24, 2.45) is 5.41 Å². The first kappa shape index (κ1) is 47.9. The molecule has 0 spiro atoms. The SMILES string of the molecule is CCCCCCCCCCCCCCCC(=O)OC(CCOC(=O)CC(C)(C)CC(=O)O)OC(=O)CCCCCCCCCCCCCCC. The average Bonchev–Trinajstić information content (AvgIpc) is 3.04. The van der Waals surface area contributed by atoms with Gasteiger partial charge >= 0.3 is 23.9 Å². The van der Waals surface area contributed by atoms with E-state index in [1.165, 1.54) is 128 Å². The lowest BCUT2D eigenvalue weighted by Gasteiger charge is -2.22. The number of hydrogen-bond donors (Lipinski definition) is 1. The number of carboxylic acid groups (broad SMARTS) is 1. The first-order valence-electron chi connectivity index (χ1n) is 20.9. The zero-order chi connectivity index (χ0) is 37.1. The zero-order valence-electron chi connectivity index (χ0n) is 33.0. The van der Waals surface area contributed by atoms with Gasteiger partial charge in [0.25, 0.3) is 6.29 Å². The molecule has 0 aliphatic carbocycles. The van der Waals surface area contributed by atoms with Crippen LogP contribution in [0.15, 0.2) is 0 Å². The third-order valence-corrected chi connectivity index (χ3v) is 9.36. The molecular formula is C42H78O8. The van der Waals surface area contributed by atoms with Crippen molar-refractivity contribution >= 4 is 23.9 Å². The van der Waals surface area contributed by atoms with E-state index in [9.17, 15) is 19.2 Å². The summed E-state index contributed by atoms with van der Waals surface area (Å²) in [6.45, 7) is 7.80. The Morgan fingerprint density at radius 2 is 0.800 bits per heavy atom. The lowest BCUT2D eigenvalue weighted by Crippen LogP contribution is -2.27. The van der Waals surface area contributed by atoms with E-state index in [0.717, 1.165) is 38.5 Å². The Morgan fingerprint density at radius 1 is 0.480 bits per heavy atom. The zero-order valence-corrected chi connectivity index (χ0v) is 33.0. The molecule has 0 unspecified atom stereocenters. The number of unbranched alkanes of at least 4 members (excludes halogenated alkanes) is 24. The maximum absolute atomic E-state index is 12.6. The molecule has 0 fully saturated rings.